The van der Waals surface area contributed by atoms with Crippen LogP contribution >= 0.6 is 0 Å². The molecule has 0 saturated heterocycles. The highest BCUT2D eigenvalue weighted by molar-refractivity contribution is 6.25. The van der Waals surface area contributed by atoms with Gasteiger partial charge in [0.2, 0.25) is 5.78 Å². The second kappa shape index (κ2) is 7.44. The minimum absolute atomic E-state index is 0.152. The molecule has 0 saturated carbocycles. The minimum atomic E-state index is -0.609. The SMILES string of the molecule is CC.Cc1cc(O)cc(C)c1OCC(=O)C=O. The van der Waals surface area contributed by atoms with Gasteiger partial charge in [0.05, 0.1) is 0 Å². The first-order valence-corrected chi connectivity index (χ1v) is 5.45. The van der Waals surface area contributed by atoms with Crippen molar-refractivity contribution in [2.75, 3.05) is 6.61 Å². The average molecular weight is 238 g/mol. The topological polar surface area (TPSA) is 63.6 Å². The molecule has 0 aliphatic carbocycles. The fraction of sp³-hybridized carbons (Fsp3) is 0.385. The quantitative estimate of drug-likeness (QED) is 0.645. The van der Waals surface area contributed by atoms with Crippen molar-refractivity contribution in [3.8, 4) is 11.5 Å². The highest BCUT2D eigenvalue weighted by Gasteiger charge is 2.08. The number of ether oxygens (including phenoxy) is 1. The first-order chi connectivity index (χ1) is 8.04. The Hall–Kier alpha value is -1.84. The third kappa shape index (κ3) is 4.68. The van der Waals surface area contributed by atoms with Crippen molar-refractivity contribution < 1.29 is 19.4 Å². The summed E-state index contributed by atoms with van der Waals surface area (Å²) in [6.45, 7) is 7.25. The van der Waals surface area contributed by atoms with Crippen LogP contribution < -0.4 is 4.74 Å². The van der Waals surface area contributed by atoms with Crippen molar-refractivity contribution >= 4 is 12.1 Å². The maximum Gasteiger partial charge on any atom is 0.232 e. The van der Waals surface area contributed by atoms with Gasteiger partial charge in [0.25, 0.3) is 0 Å². The summed E-state index contributed by atoms with van der Waals surface area (Å²) in [7, 11) is 0. The van der Waals surface area contributed by atoms with Crippen molar-refractivity contribution in [1.29, 1.82) is 0 Å². The summed E-state index contributed by atoms with van der Waals surface area (Å²) < 4.78 is 5.18. The Bertz CT molecular complexity index is 373. The van der Waals surface area contributed by atoms with E-state index in [9.17, 15) is 14.7 Å². The number of aromatic hydroxyl groups is 1. The van der Waals surface area contributed by atoms with Gasteiger partial charge in [-0.3, -0.25) is 9.59 Å². The summed E-state index contributed by atoms with van der Waals surface area (Å²) in [5, 5.41) is 9.26. The van der Waals surface area contributed by atoms with E-state index in [0.717, 1.165) is 11.1 Å². The van der Waals surface area contributed by atoms with E-state index in [-0.39, 0.29) is 18.6 Å². The molecule has 0 unspecified atom stereocenters. The molecule has 0 aromatic heterocycles. The van der Waals surface area contributed by atoms with Crippen molar-refractivity contribution in [3.63, 3.8) is 0 Å². The number of aldehydes is 1. The lowest BCUT2D eigenvalue weighted by atomic mass is 10.1. The summed E-state index contributed by atoms with van der Waals surface area (Å²) in [5.41, 5.74) is 1.46. The maximum atomic E-state index is 10.7. The molecule has 0 amide bonds. The van der Waals surface area contributed by atoms with Gasteiger partial charge < -0.3 is 9.84 Å². The zero-order valence-electron chi connectivity index (χ0n) is 10.6. The van der Waals surface area contributed by atoms with Gasteiger partial charge in [-0.1, -0.05) is 13.8 Å². The van der Waals surface area contributed by atoms with Crippen LogP contribution in [-0.2, 0) is 9.59 Å². The molecular weight excluding hydrogens is 220 g/mol. The first-order valence-electron chi connectivity index (χ1n) is 5.45. The second-order valence-corrected chi connectivity index (χ2v) is 3.28. The molecule has 4 nitrogen and oxygen atoms in total. The molecule has 0 spiro atoms. The van der Waals surface area contributed by atoms with Crippen LogP contribution in [0.3, 0.4) is 0 Å². The number of benzene rings is 1. The normalized spacial score (nSPS) is 8.94. The largest absolute Gasteiger partial charge is 0.508 e. The molecule has 94 valence electrons. The van der Waals surface area contributed by atoms with E-state index < -0.39 is 5.78 Å². The fourth-order valence-electron chi connectivity index (χ4n) is 1.33. The first kappa shape index (κ1) is 15.2. The number of phenols is 1. The van der Waals surface area contributed by atoms with E-state index in [4.69, 9.17) is 4.74 Å². The van der Waals surface area contributed by atoms with E-state index in [1.54, 1.807) is 13.8 Å². The summed E-state index contributed by atoms with van der Waals surface area (Å²) in [5.74, 6) is 0.0731. The lowest BCUT2D eigenvalue weighted by Crippen LogP contribution is -2.12. The van der Waals surface area contributed by atoms with Crippen molar-refractivity contribution in [2.45, 2.75) is 27.7 Å². The summed E-state index contributed by atoms with van der Waals surface area (Å²) >= 11 is 0. The highest BCUT2D eigenvalue weighted by atomic mass is 16.5. The minimum Gasteiger partial charge on any atom is -0.508 e. The Labute approximate surface area is 101 Å². The number of aryl methyl sites for hydroxylation is 2. The zero-order chi connectivity index (χ0) is 13.4. The van der Waals surface area contributed by atoms with Crippen molar-refractivity contribution in [3.05, 3.63) is 23.3 Å². The zero-order valence-corrected chi connectivity index (χ0v) is 10.6. The monoisotopic (exact) mass is 238 g/mol. The number of ketones is 1. The number of carbonyl (C=O) groups excluding carboxylic acids is 2. The van der Waals surface area contributed by atoms with Crippen LogP contribution in [0, 0.1) is 13.8 Å². The van der Waals surface area contributed by atoms with Crippen LogP contribution in [0.4, 0.5) is 0 Å². The Morgan fingerprint density at radius 1 is 1.29 bits per heavy atom. The fourth-order valence-corrected chi connectivity index (χ4v) is 1.33. The highest BCUT2D eigenvalue weighted by Crippen LogP contribution is 2.27. The Morgan fingerprint density at radius 2 is 1.76 bits per heavy atom. The third-order valence-corrected chi connectivity index (χ3v) is 1.94. The molecule has 0 atom stereocenters. The standard InChI is InChI=1S/C11H12O4.C2H6/c1-7-3-9(13)4-8(2)11(7)15-6-10(14)5-12;1-2/h3-5,13H,6H2,1-2H3;1-2H3. The number of hydrogen-bond donors (Lipinski definition) is 1. The number of rotatable bonds is 4. The molecule has 0 aliphatic heterocycles. The molecule has 1 aromatic carbocycles. The van der Waals surface area contributed by atoms with Crippen molar-refractivity contribution in [1.82, 2.24) is 0 Å². The van der Waals surface area contributed by atoms with E-state index in [1.807, 2.05) is 13.8 Å². The van der Waals surface area contributed by atoms with Crippen LogP contribution in [0.2, 0.25) is 0 Å². The molecule has 0 radical (unpaired) electrons. The third-order valence-electron chi connectivity index (χ3n) is 1.94. The van der Waals surface area contributed by atoms with Crippen molar-refractivity contribution in [2.24, 2.45) is 0 Å². The summed E-state index contributed by atoms with van der Waals surface area (Å²) in [6, 6.07) is 3.07. The molecular formula is C13H18O4. The smallest absolute Gasteiger partial charge is 0.232 e. The molecule has 1 aromatic rings. The molecule has 17 heavy (non-hydrogen) atoms. The predicted molar refractivity (Wildman–Crippen MR) is 65.5 cm³/mol. The van der Waals surface area contributed by atoms with Gasteiger partial charge in [-0.15, -0.1) is 0 Å². The van der Waals surface area contributed by atoms with Crippen LogP contribution in [0.15, 0.2) is 12.1 Å². The Balaban J connectivity index is 0.00000121. The number of hydrogen-bond acceptors (Lipinski definition) is 4. The van der Waals surface area contributed by atoms with E-state index in [1.165, 1.54) is 12.1 Å². The summed E-state index contributed by atoms with van der Waals surface area (Å²) in [6.07, 6.45) is 0.227. The second-order valence-electron chi connectivity index (χ2n) is 3.28. The summed E-state index contributed by atoms with van der Waals surface area (Å²) in [4.78, 5) is 20.8. The van der Waals surface area contributed by atoms with Crippen LogP contribution in [0.25, 0.3) is 0 Å². The molecule has 0 fully saturated rings. The molecule has 0 bridgehead atoms. The van der Waals surface area contributed by atoms with E-state index >= 15 is 0 Å². The lowest BCUT2D eigenvalue weighted by molar-refractivity contribution is -0.131. The van der Waals surface area contributed by atoms with E-state index in [2.05, 4.69) is 0 Å². The molecule has 0 aliphatic rings. The predicted octanol–water partition coefficient (Wildman–Crippen LogP) is 2.18. The number of Topliss-reactive ketones (excluding diaryl/α,β-unsaturated/α-hetero) is 1. The average Bonchev–Trinajstić information content (AvgIpc) is 2.29. The van der Waals surface area contributed by atoms with Gasteiger partial charge in [0, 0.05) is 0 Å². The van der Waals surface area contributed by atoms with Gasteiger partial charge in [0.1, 0.15) is 11.5 Å². The number of carbonyl (C=O) groups is 2. The number of phenolic OH excluding ortho intramolecular Hbond substituents is 1. The molecule has 0 heterocycles. The molecule has 1 rings (SSSR count). The van der Waals surface area contributed by atoms with Gasteiger partial charge in [-0.25, -0.2) is 0 Å². The van der Waals surface area contributed by atoms with Gasteiger partial charge >= 0.3 is 0 Å². The van der Waals surface area contributed by atoms with Gasteiger partial charge in [-0.2, -0.15) is 0 Å². The van der Waals surface area contributed by atoms with E-state index in [0.29, 0.717) is 5.75 Å². The van der Waals surface area contributed by atoms with Crippen LogP contribution in [0.5, 0.6) is 11.5 Å². The van der Waals surface area contributed by atoms with Gasteiger partial charge in [-0.05, 0) is 37.1 Å². The lowest BCUT2D eigenvalue weighted by Gasteiger charge is -2.10. The molecule has 4 heteroatoms. The Morgan fingerprint density at radius 3 is 2.18 bits per heavy atom. The van der Waals surface area contributed by atoms with Crippen LogP contribution in [0.1, 0.15) is 25.0 Å². The van der Waals surface area contributed by atoms with Gasteiger partial charge in [0.15, 0.2) is 12.9 Å². The molecule has 1 N–H and O–H groups in total. The Kier molecular flexibility index (Phi) is 6.63. The van der Waals surface area contributed by atoms with Crippen LogP contribution in [-0.4, -0.2) is 23.8 Å². The maximum absolute atomic E-state index is 10.7.